The first-order valence-electron chi connectivity index (χ1n) is 4.42. The Kier molecular flexibility index (Phi) is 3.34. The Morgan fingerprint density at radius 1 is 1.55 bits per heavy atom. The summed E-state index contributed by atoms with van der Waals surface area (Å²) in [4.78, 5) is 0. The van der Waals surface area contributed by atoms with Crippen LogP contribution in [0.4, 0.5) is 0 Å². The maximum Gasteiger partial charge on any atom is 0.0615 e. The second-order valence-electron chi connectivity index (χ2n) is 3.61. The first-order chi connectivity index (χ1) is 5.25. The number of ether oxygens (including phenoxy) is 1. The van der Waals surface area contributed by atoms with Gasteiger partial charge in [0.25, 0.3) is 0 Å². The van der Waals surface area contributed by atoms with Crippen LogP contribution in [0.15, 0.2) is 0 Å². The maximum absolute atomic E-state index is 9.69. The number of rotatable bonds is 4. The largest absolute Gasteiger partial charge is 0.392 e. The molecule has 0 aromatic rings. The fraction of sp³-hybridized carbons (Fsp3) is 1.00. The lowest BCUT2D eigenvalue weighted by atomic mass is 9.77. The van der Waals surface area contributed by atoms with Crippen molar-refractivity contribution in [1.82, 2.24) is 0 Å². The molecule has 2 unspecified atom stereocenters. The van der Waals surface area contributed by atoms with Gasteiger partial charge in [0.05, 0.1) is 12.7 Å². The van der Waals surface area contributed by atoms with Gasteiger partial charge < -0.3 is 9.84 Å². The minimum absolute atomic E-state index is 0.135. The second kappa shape index (κ2) is 4.07. The van der Waals surface area contributed by atoms with Crippen LogP contribution in [0.25, 0.3) is 0 Å². The Morgan fingerprint density at radius 3 is 2.55 bits per heavy atom. The molecule has 0 amide bonds. The molecule has 2 heteroatoms. The smallest absolute Gasteiger partial charge is 0.0615 e. The molecule has 0 saturated heterocycles. The monoisotopic (exact) mass is 158 g/mol. The molecule has 66 valence electrons. The van der Waals surface area contributed by atoms with E-state index in [0.29, 0.717) is 18.4 Å². The van der Waals surface area contributed by atoms with Crippen LogP contribution in [-0.2, 0) is 4.74 Å². The normalized spacial score (nSPS) is 24.3. The first-order valence-corrected chi connectivity index (χ1v) is 4.42. The highest BCUT2D eigenvalue weighted by atomic mass is 16.5. The Bertz CT molecular complexity index is 110. The van der Waals surface area contributed by atoms with Gasteiger partial charge in [0, 0.05) is 13.0 Å². The molecule has 2 atom stereocenters. The molecule has 0 radical (unpaired) electrons. The van der Waals surface area contributed by atoms with Crippen molar-refractivity contribution in [3.8, 4) is 0 Å². The van der Waals surface area contributed by atoms with Crippen molar-refractivity contribution >= 4 is 0 Å². The summed E-state index contributed by atoms with van der Waals surface area (Å²) in [5.41, 5.74) is 0. The molecule has 1 rings (SSSR count). The second-order valence-corrected chi connectivity index (χ2v) is 3.61. The highest BCUT2D eigenvalue weighted by Crippen LogP contribution is 2.32. The molecule has 2 nitrogen and oxygen atoms in total. The van der Waals surface area contributed by atoms with Gasteiger partial charge in [0.2, 0.25) is 0 Å². The van der Waals surface area contributed by atoms with Gasteiger partial charge in [0.1, 0.15) is 0 Å². The first kappa shape index (κ1) is 9.01. The summed E-state index contributed by atoms with van der Waals surface area (Å²) in [6, 6.07) is 0. The van der Waals surface area contributed by atoms with E-state index in [1.165, 1.54) is 19.3 Å². The molecule has 11 heavy (non-hydrogen) atoms. The maximum atomic E-state index is 9.69. The van der Waals surface area contributed by atoms with Gasteiger partial charge in [-0.25, -0.2) is 0 Å². The molecular formula is C9H18O2. The molecule has 1 saturated carbocycles. The SMILES string of the molecule is COCC(C)C(O)C1CCC1. The van der Waals surface area contributed by atoms with Gasteiger partial charge in [-0.15, -0.1) is 0 Å². The van der Waals surface area contributed by atoms with Crippen LogP contribution < -0.4 is 0 Å². The third-order valence-electron chi connectivity index (χ3n) is 2.65. The molecule has 1 aliphatic rings. The molecule has 0 heterocycles. The number of aliphatic hydroxyl groups excluding tert-OH is 1. The zero-order valence-electron chi connectivity index (χ0n) is 7.42. The molecular weight excluding hydrogens is 140 g/mol. The molecule has 1 aliphatic carbocycles. The average molecular weight is 158 g/mol. The van der Waals surface area contributed by atoms with Crippen LogP contribution in [0.3, 0.4) is 0 Å². The summed E-state index contributed by atoms with van der Waals surface area (Å²) in [7, 11) is 1.68. The van der Waals surface area contributed by atoms with E-state index in [9.17, 15) is 5.11 Å². The van der Waals surface area contributed by atoms with Gasteiger partial charge in [-0.2, -0.15) is 0 Å². The fourth-order valence-electron chi connectivity index (χ4n) is 1.61. The lowest BCUT2D eigenvalue weighted by Gasteiger charge is -2.33. The minimum Gasteiger partial charge on any atom is -0.392 e. The van der Waals surface area contributed by atoms with E-state index in [-0.39, 0.29) is 6.10 Å². The molecule has 0 spiro atoms. The number of aliphatic hydroxyl groups is 1. The van der Waals surface area contributed by atoms with E-state index in [2.05, 4.69) is 0 Å². The van der Waals surface area contributed by atoms with Crippen LogP contribution in [0.2, 0.25) is 0 Å². The van der Waals surface area contributed by atoms with Gasteiger partial charge in [-0.3, -0.25) is 0 Å². The lowest BCUT2D eigenvalue weighted by Crippen LogP contribution is -2.34. The third-order valence-corrected chi connectivity index (χ3v) is 2.65. The summed E-state index contributed by atoms with van der Waals surface area (Å²) in [5, 5.41) is 9.69. The third kappa shape index (κ3) is 2.17. The molecule has 0 aliphatic heterocycles. The predicted molar refractivity (Wildman–Crippen MR) is 44.4 cm³/mol. The van der Waals surface area contributed by atoms with E-state index in [1.807, 2.05) is 6.92 Å². The van der Waals surface area contributed by atoms with E-state index in [1.54, 1.807) is 7.11 Å². The van der Waals surface area contributed by atoms with E-state index >= 15 is 0 Å². The average Bonchev–Trinajstić information content (AvgIpc) is 1.84. The topological polar surface area (TPSA) is 29.5 Å². The van der Waals surface area contributed by atoms with Crippen LogP contribution in [0, 0.1) is 11.8 Å². The fourth-order valence-corrected chi connectivity index (χ4v) is 1.61. The van der Waals surface area contributed by atoms with Gasteiger partial charge in [-0.05, 0) is 18.8 Å². The Labute approximate surface area is 68.6 Å². The van der Waals surface area contributed by atoms with E-state index in [4.69, 9.17) is 4.74 Å². The zero-order valence-corrected chi connectivity index (χ0v) is 7.42. The van der Waals surface area contributed by atoms with Crippen molar-refractivity contribution in [3.05, 3.63) is 0 Å². The van der Waals surface area contributed by atoms with Crippen molar-refractivity contribution in [2.75, 3.05) is 13.7 Å². The quantitative estimate of drug-likeness (QED) is 0.670. The molecule has 1 N–H and O–H groups in total. The van der Waals surface area contributed by atoms with Crippen molar-refractivity contribution in [1.29, 1.82) is 0 Å². The summed E-state index contributed by atoms with van der Waals surface area (Å²) in [6.07, 6.45) is 3.56. The number of methoxy groups -OCH3 is 1. The van der Waals surface area contributed by atoms with Gasteiger partial charge in [0.15, 0.2) is 0 Å². The van der Waals surface area contributed by atoms with E-state index in [0.717, 1.165) is 0 Å². The lowest BCUT2D eigenvalue weighted by molar-refractivity contribution is -0.00746. The van der Waals surface area contributed by atoms with Crippen molar-refractivity contribution in [3.63, 3.8) is 0 Å². The predicted octanol–water partition coefficient (Wildman–Crippen LogP) is 1.43. The van der Waals surface area contributed by atoms with Gasteiger partial charge >= 0.3 is 0 Å². The number of hydrogen-bond acceptors (Lipinski definition) is 2. The summed E-state index contributed by atoms with van der Waals surface area (Å²) < 4.78 is 4.98. The van der Waals surface area contributed by atoms with Crippen LogP contribution >= 0.6 is 0 Å². The van der Waals surface area contributed by atoms with Crippen LogP contribution in [0.1, 0.15) is 26.2 Å². The standard InChI is InChI=1S/C9H18O2/c1-7(6-11-2)9(10)8-4-3-5-8/h7-10H,3-6H2,1-2H3. The Hall–Kier alpha value is -0.0800. The van der Waals surface area contributed by atoms with Crippen LogP contribution in [0.5, 0.6) is 0 Å². The molecule has 1 fully saturated rings. The van der Waals surface area contributed by atoms with E-state index < -0.39 is 0 Å². The van der Waals surface area contributed by atoms with Crippen LogP contribution in [-0.4, -0.2) is 24.9 Å². The Balaban J connectivity index is 2.21. The molecule has 0 bridgehead atoms. The summed E-state index contributed by atoms with van der Waals surface area (Å²) >= 11 is 0. The zero-order chi connectivity index (χ0) is 8.27. The summed E-state index contributed by atoms with van der Waals surface area (Å²) in [5.74, 6) is 0.852. The highest BCUT2D eigenvalue weighted by Gasteiger charge is 2.29. The highest BCUT2D eigenvalue weighted by molar-refractivity contribution is 4.80. The molecule has 0 aromatic heterocycles. The Morgan fingerprint density at radius 2 is 2.18 bits per heavy atom. The van der Waals surface area contributed by atoms with Crippen molar-refractivity contribution < 1.29 is 9.84 Å². The van der Waals surface area contributed by atoms with Gasteiger partial charge in [-0.1, -0.05) is 13.3 Å². The minimum atomic E-state index is -0.135. The summed E-state index contributed by atoms with van der Waals surface area (Å²) in [6.45, 7) is 2.73. The number of hydrogen-bond donors (Lipinski definition) is 1. The van der Waals surface area contributed by atoms with Crippen molar-refractivity contribution in [2.24, 2.45) is 11.8 Å². The van der Waals surface area contributed by atoms with Crippen molar-refractivity contribution in [2.45, 2.75) is 32.3 Å². The molecule has 0 aromatic carbocycles.